The van der Waals surface area contributed by atoms with E-state index in [-0.39, 0.29) is 5.78 Å². The summed E-state index contributed by atoms with van der Waals surface area (Å²) < 4.78 is 0. The summed E-state index contributed by atoms with van der Waals surface area (Å²) in [7, 11) is 0. The Morgan fingerprint density at radius 2 is 1.83 bits per heavy atom. The number of hydrogen-bond acceptors (Lipinski definition) is 4. The number of benzene rings is 1. The van der Waals surface area contributed by atoms with Crippen molar-refractivity contribution in [2.24, 2.45) is 4.99 Å². The number of fused-ring (bicyclic) bond motifs is 2. The third kappa shape index (κ3) is 3.00. The number of aromatic nitrogens is 2. The van der Waals surface area contributed by atoms with Crippen LogP contribution in [-0.4, -0.2) is 21.5 Å². The minimum Gasteiger partial charge on any atom is -0.293 e. The Kier molecular flexibility index (Phi) is 4.24. The molecule has 1 aliphatic heterocycles. The lowest BCUT2D eigenvalue weighted by Crippen LogP contribution is -2.31. The standard InChI is InChI=1S/C26H23N3O/c1-16-5-4-6-23(29-16)26(2,3)25(30)20-11-18-13-21-15-28-24(17-7-9-27-10-8-17)22(21)14-19(18)12-20/h4-10,12-14H,11,15H2,1-3H3. The SMILES string of the molecule is Cc1cccc(C(C)(C)C(=O)C2=Cc3cc4c(cc3C2)CN=C4c2ccncc2)n1. The van der Waals surface area contributed by atoms with Crippen LogP contribution in [-0.2, 0) is 23.2 Å². The predicted molar refractivity (Wildman–Crippen MR) is 119 cm³/mol. The number of carbonyl (C=O) groups is 1. The monoisotopic (exact) mass is 393 g/mol. The molecule has 1 aromatic carbocycles. The topological polar surface area (TPSA) is 55.2 Å². The van der Waals surface area contributed by atoms with Gasteiger partial charge in [-0.15, -0.1) is 0 Å². The quantitative estimate of drug-likeness (QED) is 0.650. The van der Waals surface area contributed by atoms with Crippen molar-refractivity contribution in [2.45, 2.75) is 39.2 Å². The van der Waals surface area contributed by atoms with Crippen LogP contribution in [0.2, 0.25) is 0 Å². The average Bonchev–Trinajstić information content (AvgIpc) is 3.35. The van der Waals surface area contributed by atoms with Crippen LogP contribution >= 0.6 is 0 Å². The summed E-state index contributed by atoms with van der Waals surface area (Å²) in [6.07, 6.45) is 6.31. The van der Waals surface area contributed by atoms with Crippen molar-refractivity contribution < 1.29 is 4.79 Å². The first kappa shape index (κ1) is 18.6. The molecule has 0 spiro atoms. The minimum atomic E-state index is -0.660. The Morgan fingerprint density at radius 1 is 1.03 bits per heavy atom. The van der Waals surface area contributed by atoms with Gasteiger partial charge in [0.2, 0.25) is 0 Å². The lowest BCUT2D eigenvalue weighted by molar-refractivity contribution is -0.119. The van der Waals surface area contributed by atoms with Gasteiger partial charge in [0.1, 0.15) is 0 Å². The first-order chi connectivity index (χ1) is 14.4. The molecule has 4 nitrogen and oxygen atoms in total. The van der Waals surface area contributed by atoms with Crippen LogP contribution in [0.5, 0.6) is 0 Å². The van der Waals surface area contributed by atoms with Crippen LogP contribution in [0.15, 0.2) is 65.4 Å². The van der Waals surface area contributed by atoms with Gasteiger partial charge in [0.05, 0.1) is 23.4 Å². The molecule has 148 valence electrons. The predicted octanol–water partition coefficient (Wildman–Crippen LogP) is 4.62. The van der Waals surface area contributed by atoms with E-state index in [0.717, 1.165) is 39.4 Å². The maximum atomic E-state index is 13.4. The van der Waals surface area contributed by atoms with E-state index in [0.29, 0.717) is 13.0 Å². The molecule has 5 rings (SSSR count). The summed E-state index contributed by atoms with van der Waals surface area (Å²) in [6.45, 7) is 6.57. The normalized spacial score (nSPS) is 14.8. The number of Topliss-reactive ketones (excluding diaryl/α,β-unsaturated/α-hetero) is 1. The number of pyridine rings is 2. The lowest BCUT2D eigenvalue weighted by Gasteiger charge is -2.23. The van der Waals surface area contributed by atoms with Gasteiger partial charge < -0.3 is 0 Å². The molecule has 2 aromatic heterocycles. The summed E-state index contributed by atoms with van der Waals surface area (Å²) in [6, 6.07) is 14.3. The number of aliphatic imine (C=N–C) groups is 1. The fraction of sp³-hybridized carbons (Fsp3) is 0.231. The Hall–Kier alpha value is -3.40. The molecule has 0 saturated heterocycles. The van der Waals surface area contributed by atoms with E-state index in [1.165, 1.54) is 11.1 Å². The molecule has 0 bridgehead atoms. The van der Waals surface area contributed by atoms with E-state index >= 15 is 0 Å². The number of carbonyl (C=O) groups excluding carboxylic acids is 1. The van der Waals surface area contributed by atoms with Gasteiger partial charge in [0.15, 0.2) is 5.78 Å². The second kappa shape index (κ2) is 6.84. The zero-order valence-electron chi connectivity index (χ0n) is 17.4. The molecule has 0 unspecified atom stereocenters. The fourth-order valence-corrected chi connectivity index (χ4v) is 4.36. The molecular weight excluding hydrogens is 370 g/mol. The molecule has 2 aliphatic rings. The van der Waals surface area contributed by atoms with Gasteiger partial charge in [-0.1, -0.05) is 12.1 Å². The molecule has 4 heteroatoms. The highest BCUT2D eigenvalue weighted by Gasteiger charge is 2.35. The van der Waals surface area contributed by atoms with Gasteiger partial charge in [0.25, 0.3) is 0 Å². The van der Waals surface area contributed by atoms with E-state index < -0.39 is 5.41 Å². The summed E-state index contributed by atoms with van der Waals surface area (Å²) in [4.78, 5) is 26.9. The molecule has 1 aliphatic carbocycles. The van der Waals surface area contributed by atoms with Crippen LogP contribution < -0.4 is 0 Å². The van der Waals surface area contributed by atoms with Crippen molar-refractivity contribution in [2.75, 3.05) is 0 Å². The lowest BCUT2D eigenvalue weighted by atomic mass is 9.80. The summed E-state index contributed by atoms with van der Waals surface area (Å²) in [5.74, 6) is 0.139. The molecule has 0 atom stereocenters. The van der Waals surface area contributed by atoms with Crippen LogP contribution in [0, 0.1) is 6.92 Å². The van der Waals surface area contributed by atoms with E-state index in [1.54, 1.807) is 12.4 Å². The van der Waals surface area contributed by atoms with Crippen LogP contribution in [0.3, 0.4) is 0 Å². The van der Waals surface area contributed by atoms with E-state index in [2.05, 4.69) is 28.2 Å². The maximum absolute atomic E-state index is 13.4. The van der Waals surface area contributed by atoms with Gasteiger partial charge >= 0.3 is 0 Å². The average molecular weight is 393 g/mol. The Balaban J connectivity index is 1.48. The maximum Gasteiger partial charge on any atom is 0.170 e. The first-order valence-corrected chi connectivity index (χ1v) is 10.2. The number of aryl methyl sites for hydroxylation is 1. The molecule has 0 N–H and O–H groups in total. The molecule has 3 heterocycles. The minimum absolute atomic E-state index is 0.139. The number of rotatable bonds is 4. The van der Waals surface area contributed by atoms with Gasteiger partial charge in [-0.3, -0.25) is 19.8 Å². The zero-order chi connectivity index (χ0) is 20.9. The molecular formula is C26H23N3O. The Labute approximate surface area is 176 Å². The van der Waals surface area contributed by atoms with Crippen LogP contribution in [0.4, 0.5) is 0 Å². The second-order valence-electron chi connectivity index (χ2n) is 8.57. The van der Waals surface area contributed by atoms with Gasteiger partial charge in [-0.05, 0) is 73.9 Å². The largest absolute Gasteiger partial charge is 0.293 e. The summed E-state index contributed by atoms with van der Waals surface area (Å²) in [5, 5.41) is 0. The molecule has 30 heavy (non-hydrogen) atoms. The molecule has 0 saturated carbocycles. The van der Waals surface area contributed by atoms with Crippen LogP contribution in [0.1, 0.15) is 53.1 Å². The third-order valence-corrected chi connectivity index (χ3v) is 6.08. The second-order valence-corrected chi connectivity index (χ2v) is 8.57. The molecule has 3 aromatic rings. The van der Waals surface area contributed by atoms with E-state index in [9.17, 15) is 4.79 Å². The zero-order valence-corrected chi connectivity index (χ0v) is 17.4. The third-order valence-electron chi connectivity index (χ3n) is 6.08. The summed E-state index contributed by atoms with van der Waals surface area (Å²) >= 11 is 0. The van der Waals surface area contributed by atoms with Gasteiger partial charge in [-0.25, -0.2) is 0 Å². The van der Waals surface area contributed by atoms with Crippen LogP contribution in [0.25, 0.3) is 6.08 Å². The highest BCUT2D eigenvalue weighted by atomic mass is 16.1. The van der Waals surface area contributed by atoms with E-state index in [4.69, 9.17) is 4.99 Å². The van der Waals surface area contributed by atoms with Crippen molar-refractivity contribution >= 4 is 17.6 Å². The van der Waals surface area contributed by atoms with Crippen molar-refractivity contribution in [1.82, 2.24) is 9.97 Å². The summed E-state index contributed by atoms with van der Waals surface area (Å²) in [5.41, 5.74) is 8.73. The highest BCUT2D eigenvalue weighted by Crippen LogP contribution is 2.36. The van der Waals surface area contributed by atoms with Crippen molar-refractivity contribution in [3.63, 3.8) is 0 Å². The number of ketones is 1. The van der Waals surface area contributed by atoms with Crippen molar-refractivity contribution in [3.05, 3.63) is 99.6 Å². The molecule has 0 amide bonds. The highest BCUT2D eigenvalue weighted by molar-refractivity contribution is 6.16. The number of hydrogen-bond donors (Lipinski definition) is 0. The smallest absolute Gasteiger partial charge is 0.170 e. The molecule has 0 radical (unpaired) electrons. The van der Waals surface area contributed by atoms with E-state index in [1.807, 2.05) is 51.1 Å². The van der Waals surface area contributed by atoms with Crippen molar-refractivity contribution in [1.29, 1.82) is 0 Å². The number of allylic oxidation sites excluding steroid dienone is 1. The first-order valence-electron chi connectivity index (χ1n) is 10.2. The van der Waals surface area contributed by atoms with Gasteiger partial charge in [-0.2, -0.15) is 0 Å². The fourth-order valence-electron chi connectivity index (χ4n) is 4.36. The van der Waals surface area contributed by atoms with Gasteiger partial charge in [0, 0.05) is 41.2 Å². The molecule has 0 fully saturated rings. The van der Waals surface area contributed by atoms with Crippen molar-refractivity contribution in [3.8, 4) is 0 Å². The Bertz CT molecular complexity index is 1240. The Morgan fingerprint density at radius 3 is 2.60 bits per heavy atom. The number of nitrogens with zero attached hydrogens (tertiary/aromatic N) is 3.